The number of amides is 2. The van der Waals surface area contributed by atoms with Gasteiger partial charge in [-0.2, -0.15) is 0 Å². The van der Waals surface area contributed by atoms with Gasteiger partial charge in [-0.3, -0.25) is 14.4 Å². The minimum absolute atomic E-state index is 0.0863. The van der Waals surface area contributed by atoms with Gasteiger partial charge in [-0.1, -0.05) is 6.92 Å². The zero-order valence-electron chi connectivity index (χ0n) is 14.4. The van der Waals surface area contributed by atoms with Crippen molar-refractivity contribution >= 4 is 29.7 Å². The third-order valence-corrected chi connectivity index (χ3v) is 3.86. The van der Waals surface area contributed by atoms with Crippen LogP contribution in [0.1, 0.15) is 37.1 Å². The van der Waals surface area contributed by atoms with Crippen molar-refractivity contribution in [2.24, 2.45) is 0 Å². The highest BCUT2D eigenvalue weighted by atomic mass is 16.5. The molecule has 1 aliphatic heterocycles. The van der Waals surface area contributed by atoms with E-state index in [1.165, 1.54) is 0 Å². The van der Waals surface area contributed by atoms with E-state index in [1.807, 2.05) is 6.07 Å². The summed E-state index contributed by atoms with van der Waals surface area (Å²) in [7, 11) is 1.55. The second-order valence-electron chi connectivity index (χ2n) is 5.43. The molecule has 2 heterocycles. The lowest BCUT2D eigenvalue weighted by Gasteiger charge is -2.26. The topological polar surface area (TPSA) is 133 Å². The van der Waals surface area contributed by atoms with E-state index in [4.69, 9.17) is 14.6 Å². The van der Waals surface area contributed by atoms with Crippen LogP contribution in [0.5, 0.6) is 5.75 Å². The summed E-state index contributed by atoms with van der Waals surface area (Å²) in [6.45, 7) is 1.52. The van der Waals surface area contributed by atoms with E-state index in [0.29, 0.717) is 30.0 Å². The van der Waals surface area contributed by atoms with Crippen LogP contribution >= 0.6 is 0 Å². The zero-order valence-corrected chi connectivity index (χ0v) is 14.4. The number of nitrogens with one attached hydrogen (secondary N) is 3. The summed E-state index contributed by atoms with van der Waals surface area (Å²) >= 11 is 0. The Morgan fingerprint density at radius 2 is 2.23 bits per heavy atom. The third-order valence-electron chi connectivity index (χ3n) is 3.86. The van der Waals surface area contributed by atoms with Gasteiger partial charge in [0.2, 0.25) is 11.8 Å². The Labute approximate surface area is 149 Å². The maximum atomic E-state index is 12.0. The number of rotatable bonds is 4. The summed E-state index contributed by atoms with van der Waals surface area (Å²) < 4.78 is 5.39. The number of aromatic amines is 1. The summed E-state index contributed by atoms with van der Waals surface area (Å²) in [6, 6.07) is 3.57. The molecule has 0 radical (unpaired) electrons. The highest BCUT2D eigenvalue weighted by Crippen LogP contribution is 2.41. The Morgan fingerprint density at radius 3 is 2.81 bits per heavy atom. The number of imidazole rings is 1. The van der Waals surface area contributed by atoms with Gasteiger partial charge in [0.25, 0.3) is 6.47 Å². The SMILES string of the molecule is CCC(=O)Nc1cc2c(cc1OC)C(c1ncc[nH]1)CC(=O)N2.O=CO. The van der Waals surface area contributed by atoms with E-state index < -0.39 is 0 Å². The lowest BCUT2D eigenvalue weighted by atomic mass is 9.89. The van der Waals surface area contributed by atoms with Crippen molar-refractivity contribution < 1.29 is 24.2 Å². The molecule has 1 aromatic carbocycles. The van der Waals surface area contributed by atoms with E-state index >= 15 is 0 Å². The molecule has 2 aromatic rings. The molecule has 26 heavy (non-hydrogen) atoms. The van der Waals surface area contributed by atoms with Crippen LogP contribution in [-0.4, -0.2) is 40.5 Å². The maximum absolute atomic E-state index is 12.0. The first kappa shape index (κ1) is 19.0. The fourth-order valence-electron chi connectivity index (χ4n) is 2.71. The Balaban J connectivity index is 0.000000758. The second kappa shape index (κ2) is 8.65. The van der Waals surface area contributed by atoms with Crippen LogP contribution in [0.2, 0.25) is 0 Å². The van der Waals surface area contributed by atoms with Crippen molar-refractivity contribution in [3.63, 3.8) is 0 Å². The Hall–Kier alpha value is -3.36. The fraction of sp³-hybridized carbons (Fsp3) is 0.294. The largest absolute Gasteiger partial charge is 0.495 e. The average molecular weight is 360 g/mol. The smallest absolute Gasteiger partial charge is 0.290 e. The molecule has 1 aliphatic rings. The molecule has 1 aromatic heterocycles. The van der Waals surface area contributed by atoms with Gasteiger partial charge in [-0.15, -0.1) is 0 Å². The predicted molar refractivity (Wildman–Crippen MR) is 94.3 cm³/mol. The Kier molecular flexibility index (Phi) is 6.31. The molecular formula is C17H20N4O5. The number of carboxylic acid groups (broad SMARTS) is 1. The minimum Gasteiger partial charge on any atom is -0.495 e. The van der Waals surface area contributed by atoms with Gasteiger partial charge in [-0.05, 0) is 17.7 Å². The molecule has 0 fully saturated rings. The molecule has 3 rings (SSSR count). The van der Waals surface area contributed by atoms with Crippen LogP contribution in [0, 0.1) is 0 Å². The van der Waals surface area contributed by atoms with Crippen LogP contribution < -0.4 is 15.4 Å². The summed E-state index contributed by atoms with van der Waals surface area (Å²) in [6.07, 6.45) is 4.06. The van der Waals surface area contributed by atoms with E-state index in [9.17, 15) is 9.59 Å². The molecule has 0 spiro atoms. The number of fused-ring (bicyclic) bond motifs is 1. The number of anilines is 2. The number of carbonyl (C=O) groups is 3. The number of methoxy groups -OCH3 is 1. The monoisotopic (exact) mass is 360 g/mol. The molecule has 1 atom stereocenters. The molecule has 1 unspecified atom stereocenters. The van der Waals surface area contributed by atoms with Crippen LogP contribution in [0.25, 0.3) is 0 Å². The molecular weight excluding hydrogens is 340 g/mol. The molecule has 9 heteroatoms. The lowest BCUT2D eigenvalue weighted by molar-refractivity contribution is -0.123. The van der Waals surface area contributed by atoms with Crippen LogP contribution in [0.15, 0.2) is 24.5 Å². The summed E-state index contributed by atoms with van der Waals surface area (Å²) in [5, 5.41) is 12.5. The van der Waals surface area contributed by atoms with E-state index in [0.717, 1.165) is 11.4 Å². The molecule has 138 valence electrons. The highest BCUT2D eigenvalue weighted by molar-refractivity contribution is 5.98. The molecule has 0 saturated heterocycles. The van der Waals surface area contributed by atoms with Gasteiger partial charge in [0.15, 0.2) is 0 Å². The number of H-pyrrole nitrogens is 1. The van der Waals surface area contributed by atoms with E-state index in [1.54, 1.807) is 32.5 Å². The number of ether oxygens (including phenoxy) is 1. The van der Waals surface area contributed by atoms with Crippen LogP contribution in [-0.2, 0) is 14.4 Å². The minimum atomic E-state index is -0.250. The number of carbonyl (C=O) groups excluding carboxylic acids is 2. The van der Waals surface area contributed by atoms with E-state index in [-0.39, 0.29) is 24.2 Å². The Morgan fingerprint density at radius 1 is 1.50 bits per heavy atom. The molecule has 0 bridgehead atoms. The molecule has 0 saturated carbocycles. The first-order valence-corrected chi connectivity index (χ1v) is 7.92. The van der Waals surface area contributed by atoms with Gasteiger partial charge in [0.1, 0.15) is 11.6 Å². The van der Waals surface area contributed by atoms with Gasteiger partial charge >= 0.3 is 0 Å². The van der Waals surface area contributed by atoms with Crippen LogP contribution in [0.4, 0.5) is 11.4 Å². The molecule has 2 amide bonds. The van der Waals surface area contributed by atoms with Crippen molar-refractivity contribution in [1.82, 2.24) is 9.97 Å². The third kappa shape index (κ3) is 4.18. The number of benzene rings is 1. The summed E-state index contributed by atoms with van der Waals surface area (Å²) in [5.74, 6) is 0.912. The quantitative estimate of drug-likeness (QED) is 0.616. The average Bonchev–Trinajstić information content (AvgIpc) is 3.15. The van der Waals surface area contributed by atoms with Crippen molar-refractivity contribution in [3.05, 3.63) is 35.9 Å². The number of nitrogens with zero attached hydrogens (tertiary/aromatic N) is 1. The number of hydrogen-bond donors (Lipinski definition) is 4. The van der Waals surface area contributed by atoms with Gasteiger partial charge < -0.3 is 25.5 Å². The maximum Gasteiger partial charge on any atom is 0.290 e. The van der Waals surface area contributed by atoms with Gasteiger partial charge in [0, 0.05) is 30.9 Å². The highest BCUT2D eigenvalue weighted by Gasteiger charge is 2.29. The molecule has 9 nitrogen and oxygen atoms in total. The molecule has 4 N–H and O–H groups in total. The standard InChI is InChI=1S/C16H18N4O3.CH2O2/c1-3-14(21)20-12-8-11-9(6-13(12)23-2)10(7-15(22)19-11)16-17-4-5-18-16;2-1-3/h4-6,8,10H,3,7H2,1-2H3,(H,17,18)(H,19,22)(H,20,21);1H,(H,2,3). The van der Waals surface area contributed by atoms with Crippen molar-refractivity contribution in [3.8, 4) is 5.75 Å². The van der Waals surface area contributed by atoms with Gasteiger partial charge in [0.05, 0.1) is 18.7 Å². The number of aromatic nitrogens is 2. The normalized spacial score (nSPS) is 15.0. The number of hydrogen-bond acceptors (Lipinski definition) is 5. The van der Waals surface area contributed by atoms with E-state index in [2.05, 4.69) is 20.6 Å². The predicted octanol–water partition coefficient (Wildman–Crippen LogP) is 1.94. The summed E-state index contributed by atoms with van der Waals surface area (Å²) in [4.78, 5) is 39.4. The first-order valence-electron chi connectivity index (χ1n) is 7.92. The zero-order chi connectivity index (χ0) is 19.1. The van der Waals surface area contributed by atoms with Crippen molar-refractivity contribution in [2.45, 2.75) is 25.7 Å². The van der Waals surface area contributed by atoms with Crippen LogP contribution in [0.3, 0.4) is 0 Å². The van der Waals surface area contributed by atoms with Gasteiger partial charge in [-0.25, -0.2) is 4.98 Å². The first-order chi connectivity index (χ1) is 12.5. The fourth-order valence-corrected chi connectivity index (χ4v) is 2.71. The molecule has 0 aliphatic carbocycles. The Bertz CT molecular complexity index is 789. The lowest BCUT2D eigenvalue weighted by Crippen LogP contribution is -2.24. The second-order valence-corrected chi connectivity index (χ2v) is 5.43. The summed E-state index contributed by atoms with van der Waals surface area (Å²) in [5.41, 5.74) is 2.11. The van der Waals surface area contributed by atoms with Crippen molar-refractivity contribution in [1.29, 1.82) is 0 Å². The van der Waals surface area contributed by atoms with Crippen molar-refractivity contribution in [2.75, 3.05) is 17.7 Å².